The van der Waals surface area contributed by atoms with Crippen LogP contribution in [0.25, 0.3) is 6.08 Å². The molecule has 0 atom stereocenters. The molecule has 2 rings (SSSR count). The molecule has 7 heteroatoms. The third-order valence-electron chi connectivity index (χ3n) is 3.15. The minimum absolute atomic E-state index is 0.0270. The molecule has 2 aromatic rings. The molecular weight excluding hydrogens is 499 g/mol. The molecule has 5 nitrogen and oxygen atoms in total. The van der Waals surface area contributed by atoms with Crippen molar-refractivity contribution in [2.45, 2.75) is 6.92 Å². The number of benzene rings is 2. The zero-order valence-electron chi connectivity index (χ0n) is 13.2. The van der Waals surface area contributed by atoms with Gasteiger partial charge >= 0.3 is 0 Å². The van der Waals surface area contributed by atoms with Gasteiger partial charge in [0.1, 0.15) is 11.6 Å². The molecule has 25 heavy (non-hydrogen) atoms. The maximum absolute atomic E-state index is 12.4. The van der Waals surface area contributed by atoms with E-state index in [9.17, 15) is 15.2 Å². The van der Waals surface area contributed by atoms with Crippen molar-refractivity contribution in [2.24, 2.45) is 0 Å². The highest BCUT2D eigenvalue weighted by atomic mass is 127. The Hall–Kier alpha value is -2.05. The highest BCUT2D eigenvalue weighted by molar-refractivity contribution is 14.1. The average Bonchev–Trinajstić information content (AvgIpc) is 2.59. The summed E-state index contributed by atoms with van der Waals surface area (Å²) in [5.41, 5.74) is 1.14. The summed E-state index contributed by atoms with van der Waals surface area (Å²) in [5.74, 6) is -0.256. The van der Waals surface area contributed by atoms with Crippen molar-refractivity contribution < 1.29 is 14.6 Å². The second kappa shape index (κ2) is 8.87. The van der Waals surface area contributed by atoms with Crippen LogP contribution in [-0.4, -0.2) is 17.6 Å². The number of ether oxygens (including phenoxy) is 1. The van der Waals surface area contributed by atoms with Crippen molar-refractivity contribution in [1.82, 2.24) is 0 Å². The van der Waals surface area contributed by atoms with Crippen molar-refractivity contribution in [3.63, 3.8) is 0 Å². The number of para-hydroxylation sites is 1. The number of anilines is 1. The van der Waals surface area contributed by atoms with E-state index in [0.717, 1.165) is 3.57 Å². The van der Waals surface area contributed by atoms with Crippen molar-refractivity contribution in [2.75, 3.05) is 11.9 Å². The van der Waals surface area contributed by atoms with Crippen LogP contribution >= 0.6 is 38.5 Å². The number of aromatic hydroxyl groups is 1. The summed E-state index contributed by atoms with van der Waals surface area (Å²) in [6.07, 6.45) is 1.44. The molecule has 2 N–H and O–H groups in total. The second-order valence-corrected chi connectivity index (χ2v) is 6.90. The van der Waals surface area contributed by atoms with E-state index in [2.05, 4.69) is 43.8 Å². The van der Waals surface area contributed by atoms with Crippen LogP contribution in [0.3, 0.4) is 0 Å². The van der Waals surface area contributed by atoms with E-state index in [4.69, 9.17) is 4.74 Å². The Morgan fingerprint density at radius 3 is 2.80 bits per heavy atom. The number of amides is 1. The molecule has 0 bridgehead atoms. The first-order chi connectivity index (χ1) is 12.0. The lowest BCUT2D eigenvalue weighted by atomic mass is 10.1. The van der Waals surface area contributed by atoms with Gasteiger partial charge in [-0.25, -0.2) is 0 Å². The number of carbonyl (C=O) groups excluding carboxylic acids is 1. The Morgan fingerprint density at radius 1 is 1.44 bits per heavy atom. The lowest BCUT2D eigenvalue weighted by molar-refractivity contribution is -0.112. The number of hydrogen-bond acceptors (Lipinski definition) is 4. The number of carbonyl (C=O) groups is 1. The Morgan fingerprint density at radius 2 is 2.16 bits per heavy atom. The Kier molecular flexibility index (Phi) is 6.84. The monoisotopic (exact) mass is 512 g/mol. The number of nitrogens with zero attached hydrogens (tertiary/aromatic N) is 1. The summed E-state index contributed by atoms with van der Waals surface area (Å²) in [7, 11) is 0. The number of nitrogens with one attached hydrogen (secondary N) is 1. The molecule has 0 aliphatic carbocycles. The van der Waals surface area contributed by atoms with Crippen LogP contribution in [0.1, 0.15) is 12.5 Å². The first kappa shape index (κ1) is 19.3. The van der Waals surface area contributed by atoms with Crippen LogP contribution in [0.4, 0.5) is 5.69 Å². The number of rotatable bonds is 5. The fourth-order valence-corrected chi connectivity index (χ4v) is 2.99. The minimum atomic E-state index is -0.506. The van der Waals surface area contributed by atoms with Crippen LogP contribution < -0.4 is 10.1 Å². The summed E-state index contributed by atoms with van der Waals surface area (Å²) >= 11 is 5.34. The van der Waals surface area contributed by atoms with Crippen molar-refractivity contribution >= 4 is 56.2 Å². The van der Waals surface area contributed by atoms with Gasteiger partial charge in [-0.1, -0.05) is 12.1 Å². The highest BCUT2D eigenvalue weighted by Crippen LogP contribution is 2.36. The Labute approximate surface area is 167 Å². The summed E-state index contributed by atoms with van der Waals surface area (Å²) in [6, 6.07) is 12.4. The van der Waals surface area contributed by atoms with Gasteiger partial charge in [0, 0.05) is 3.57 Å². The first-order valence-electron chi connectivity index (χ1n) is 7.29. The van der Waals surface area contributed by atoms with Gasteiger partial charge in [-0.3, -0.25) is 4.79 Å². The van der Waals surface area contributed by atoms with E-state index >= 15 is 0 Å². The molecule has 0 heterocycles. The zero-order chi connectivity index (χ0) is 18.4. The van der Waals surface area contributed by atoms with Gasteiger partial charge < -0.3 is 15.2 Å². The number of phenolic OH excluding ortho intramolecular Hbond substituents is 1. The third-order valence-corrected chi connectivity index (χ3v) is 4.69. The van der Waals surface area contributed by atoms with E-state index in [-0.39, 0.29) is 17.1 Å². The number of nitriles is 1. The second-order valence-electron chi connectivity index (χ2n) is 4.89. The maximum atomic E-state index is 12.4. The maximum Gasteiger partial charge on any atom is 0.266 e. The lowest BCUT2D eigenvalue weighted by Gasteiger charge is -2.09. The predicted molar refractivity (Wildman–Crippen MR) is 108 cm³/mol. The molecule has 1 amide bonds. The molecule has 0 spiro atoms. The van der Waals surface area contributed by atoms with Gasteiger partial charge in [0.2, 0.25) is 0 Å². The van der Waals surface area contributed by atoms with E-state index < -0.39 is 5.91 Å². The molecule has 0 saturated heterocycles. The topological polar surface area (TPSA) is 82.3 Å². The molecule has 2 aromatic carbocycles. The molecule has 0 saturated carbocycles. The van der Waals surface area contributed by atoms with Gasteiger partial charge in [-0.05, 0) is 81.3 Å². The van der Waals surface area contributed by atoms with Crippen molar-refractivity contribution in [3.8, 4) is 17.6 Å². The van der Waals surface area contributed by atoms with Crippen LogP contribution in [0.2, 0.25) is 0 Å². The van der Waals surface area contributed by atoms with E-state index in [1.165, 1.54) is 6.08 Å². The third kappa shape index (κ3) is 4.96. The standard InChI is InChI=1S/C18H14BrIN2O3/c1-2-25-16-9-11(8-13(19)17(16)23)7-12(10-21)18(24)22-15-6-4-3-5-14(15)20/h3-9,23H,2H2,1H3,(H,22,24)/b12-7-. The molecule has 0 aromatic heterocycles. The average molecular weight is 513 g/mol. The quantitative estimate of drug-likeness (QED) is 0.345. The van der Waals surface area contributed by atoms with Gasteiger partial charge in [-0.15, -0.1) is 0 Å². The zero-order valence-corrected chi connectivity index (χ0v) is 17.0. The molecule has 128 valence electrons. The van der Waals surface area contributed by atoms with Crippen LogP contribution in [0.15, 0.2) is 46.4 Å². The largest absolute Gasteiger partial charge is 0.503 e. The van der Waals surface area contributed by atoms with E-state index in [1.807, 2.05) is 18.2 Å². The fraction of sp³-hybridized carbons (Fsp3) is 0.111. The van der Waals surface area contributed by atoms with E-state index in [1.54, 1.807) is 31.2 Å². The van der Waals surface area contributed by atoms with Gasteiger partial charge in [0.05, 0.1) is 16.8 Å². The molecule has 0 radical (unpaired) electrons. The van der Waals surface area contributed by atoms with Crippen LogP contribution in [0, 0.1) is 14.9 Å². The number of phenols is 1. The van der Waals surface area contributed by atoms with Gasteiger partial charge in [0.15, 0.2) is 11.5 Å². The number of hydrogen-bond donors (Lipinski definition) is 2. The summed E-state index contributed by atoms with van der Waals surface area (Å²) < 4.78 is 6.64. The Balaban J connectivity index is 2.32. The first-order valence-corrected chi connectivity index (χ1v) is 9.16. The molecular formula is C18H14BrIN2O3. The summed E-state index contributed by atoms with van der Waals surface area (Å²) in [6.45, 7) is 2.18. The van der Waals surface area contributed by atoms with Crippen LogP contribution in [0.5, 0.6) is 11.5 Å². The Bertz CT molecular complexity index is 875. The van der Waals surface area contributed by atoms with Crippen molar-refractivity contribution in [1.29, 1.82) is 5.26 Å². The summed E-state index contributed by atoms with van der Waals surface area (Å²) in [5, 5.41) is 22.0. The SMILES string of the molecule is CCOc1cc(/C=C(/C#N)C(=O)Nc2ccccc2I)cc(Br)c1O. The number of halogens is 2. The normalized spacial score (nSPS) is 10.9. The van der Waals surface area contributed by atoms with Crippen molar-refractivity contribution in [3.05, 3.63) is 55.6 Å². The fourth-order valence-electron chi connectivity index (χ4n) is 2.01. The predicted octanol–water partition coefficient (Wildman–Crippen LogP) is 4.70. The molecule has 0 aliphatic heterocycles. The molecule has 0 aliphatic rings. The molecule has 0 fully saturated rings. The van der Waals surface area contributed by atoms with Gasteiger partial charge in [0.25, 0.3) is 5.91 Å². The lowest BCUT2D eigenvalue weighted by Crippen LogP contribution is -2.14. The molecule has 0 unspecified atom stereocenters. The van der Waals surface area contributed by atoms with Crippen LogP contribution in [-0.2, 0) is 4.79 Å². The smallest absolute Gasteiger partial charge is 0.266 e. The minimum Gasteiger partial charge on any atom is -0.503 e. The van der Waals surface area contributed by atoms with Gasteiger partial charge in [-0.2, -0.15) is 5.26 Å². The summed E-state index contributed by atoms with van der Waals surface area (Å²) in [4.78, 5) is 12.4. The highest BCUT2D eigenvalue weighted by Gasteiger charge is 2.13. The van der Waals surface area contributed by atoms with E-state index in [0.29, 0.717) is 22.3 Å².